The van der Waals surface area contributed by atoms with Gasteiger partial charge in [-0.15, -0.1) is 0 Å². The first kappa shape index (κ1) is 26.1. The number of aromatic nitrogens is 1. The van der Waals surface area contributed by atoms with Crippen molar-refractivity contribution in [2.45, 2.75) is 71.6 Å². The van der Waals surface area contributed by atoms with Gasteiger partial charge >= 0.3 is 12.3 Å². The third-order valence-electron chi connectivity index (χ3n) is 7.31. The number of amides is 2. The van der Waals surface area contributed by atoms with Crippen LogP contribution in [0.15, 0.2) is 18.3 Å². The largest absolute Gasteiger partial charge is 0.465 e. The van der Waals surface area contributed by atoms with Crippen LogP contribution in [0.1, 0.15) is 59.4 Å². The van der Waals surface area contributed by atoms with Gasteiger partial charge in [0, 0.05) is 44.0 Å². The molecule has 0 spiro atoms. The van der Waals surface area contributed by atoms with Crippen LogP contribution in [-0.2, 0) is 11.0 Å². The van der Waals surface area contributed by atoms with Crippen LogP contribution in [0.5, 0.6) is 0 Å². The van der Waals surface area contributed by atoms with Crippen molar-refractivity contribution < 1.29 is 27.9 Å². The molecule has 10 heteroatoms. The molecular formula is C24H35F3N4O3. The first-order chi connectivity index (χ1) is 15.7. The Kier molecular flexibility index (Phi) is 7.11. The van der Waals surface area contributed by atoms with E-state index in [1.807, 2.05) is 34.6 Å². The molecule has 0 bridgehead atoms. The van der Waals surface area contributed by atoms with E-state index in [-0.39, 0.29) is 23.7 Å². The number of anilines is 1. The van der Waals surface area contributed by atoms with Gasteiger partial charge in [-0.2, -0.15) is 13.2 Å². The Hall–Kier alpha value is -2.52. The lowest BCUT2D eigenvalue weighted by Gasteiger charge is -2.43. The minimum atomic E-state index is -4.44. The molecule has 1 saturated carbocycles. The first-order valence-corrected chi connectivity index (χ1v) is 11.8. The minimum Gasteiger partial charge on any atom is -0.465 e. The highest BCUT2D eigenvalue weighted by Crippen LogP contribution is 2.48. The molecule has 7 nitrogen and oxygen atoms in total. The number of carboxylic acid groups (broad SMARTS) is 1. The van der Waals surface area contributed by atoms with Crippen LogP contribution in [0.4, 0.5) is 23.8 Å². The van der Waals surface area contributed by atoms with Crippen LogP contribution in [0.3, 0.4) is 0 Å². The summed E-state index contributed by atoms with van der Waals surface area (Å²) in [5, 5.41) is 9.82. The molecular weight excluding hydrogens is 449 g/mol. The molecule has 2 amide bonds. The van der Waals surface area contributed by atoms with Gasteiger partial charge in [-0.1, -0.05) is 13.8 Å². The van der Waals surface area contributed by atoms with E-state index in [2.05, 4.69) is 4.98 Å². The summed E-state index contributed by atoms with van der Waals surface area (Å²) in [6, 6.07) is 1.76. The summed E-state index contributed by atoms with van der Waals surface area (Å²) in [4.78, 5) is 34.9. The van der Waals surface area contributed by atoms with E-state index in [0.29, 0.717) is 45.4 Å². The van der Waals surface area contributed by atoms with Gasteiger partial charge in [0.15, 0.2) is 0 Å². The van der Waals surface area contributed by atoms with Gasteiger partial charge in [0.05, 0.1) is 11.0 Å². The van der Waals surface area contributed by atoms with Gasteiger partial charge in [0.2, 0.25) is 5.91 Å². The third-order valence-corrected chi connectivity index (χ3v) is 7.31. The van der Waals surface area contributed by atoms with E-state index in [9.17, 15) is 27.9 Å². The molecule has 1 aliphatic heterocycles. The summed E-state index contributed by atoms with van der Waals surface area (Å²) in [5.41, 5.74) is -1.97. The number of pyridine rings is 1. The van der Waals surface area contributed by atoms with Crippen molar-refractivity contribution in [1.29, 1.82) is 0 Å². The fourth-order valence-corrected chi connectivity index (χ4v) is 5.45. The molecule has 2 fully saturated rings. The highest BCUT2D eigenvalue weighted by molar-refractivity contribution is 5.84. The monoisotopic (exact) mass is 484 g/mol. The molecule has 1 aromatic heterocycles. The number of piperazine rings is 1. The molecule has 1 N–H and O–H groups in total. The molecule has 0 unspecified atom stereocenters. The van der Waals surface area contributed by atoms with Gasteiger partial charge in [0.1, 0.15) is 5.82 Å². The molecule has 2 heterocycles. The number of hydrogen-bond acceptors (Lipinski definition) is 4. The van der Waals surface area contributed by atoms with E-state index in [1.54, 1.807) is 9.80 Å². The quantitative estimate of drug-likeness (QED) is 0.669. The van der Waals surface area contributed by atoms with E-state index < -0.39 is 28.8 Å². The maximum atomic E-state index is 13.8. The van der Waals surface area contributed by atoms with Gasteiger partial charge in [-0.05, 0) is 58.1 Å². The molecule has 0 radical (unpaired) electrons. The lowest BCUT2D eigenvalue weighted by Crippen LogP contribution is -2.55. The van der Waals surface area contributed by atoms with Crippen LogP contribution >= 0.6 is 0 Å². The van der Waals surface area contributed by atoms with Gasteiger partial charge in [-0.3, -0.25) is 4.79 Å². The predicted octanol–water partition coefficient (Wildman–Crippen LogP) is 4.72. The average molecular weight is 485 g/mol. The van der Waals surface area contributed by atoms with Gasteiger partial charge in [0.25, 0.3) is 0 Å². The maximum absolute atomic E-state index is 13.8. The molecule has 190 valence electrons. The molecule has 34 heavy (non-hydrogen) atoms. The zero-order valence-electron chi connectivity index (χ0n) is 20.5. The summed E-state index contributed by atoms with van der Waals surface area (Å²) < 4.78 is 39.2. The predicted molar refractivity (Wildman–Crippen MR) is 123 cm³/mol. The maximum Gasteiger partial charge on any atom is 0.416 e. The molecule has 1 aliphatic carbocycles. The number of carbonyl (C=O) groups excluding carboxylic acids is 1. The minimum absolute atomic E-state index is 0.0147. The van der Waals surface area contributed by atoms with Crippen LogP contribution in [0, 0.1) is 11.3 Å². The summed E-state index contributed by atoms with van der Waals surface area (Å²) in [5.74, 6) is 0.299. The number of halogens is 3. The van der Waals surface area contributed by atoms with Crippen LogP contribution in [0.25, 0.3) is 0 Å². The Morgan fingerprint density at radius 1 is 1.18 bits per heavy atom. The summed E-state index contributed by atoms with van der Waals surface area (Å²) in [7, 11) is 0. The molecule has 3 rings (SSSR count). The van der Waals surface area contributed by atoms with Crippen molar-refractivity contribution in [3.8, 4) is 0 Å². The fourth-order valence-electron chi connectivity index (χ4n) is 5.45. The lowest BCUT2D eigenvalue weighted by molar-refractivity contribution is -0.145. The Balaban J connectivity index is 1.72. The number of alkyl halides is 3. The lowest BCUT2D eigenvalue weighted by atomic mass is 9.74. The molecule has 2 atom stereocenters. The third kappa shape index (κ3) is 5.10. The SMILES string of the molecule is CC(C)[C@]1(C(=O)N2CCN(c3cc(C(F)(F)F)ccn3)CC2)CC[C@@H](N(C(=O)O)C(C)(C)C)C1. The summed E-state index contributed by atoms with van der Waals surface area (Å²) >= 11 is 0. The fraction of sp³-hybridized carbons (Fsp3) is 0.708. The molecule has 1 aromatic rings. The Labute approximate surface area is 198 Å². The standard InChI is InChI=1S/C24H35F3N4O3/c1-16(2)23(8-6-18(15-23)31(21(33)34)22(3,4)5)20(32)30-12-10-29(11-13-30)19-14-17(7-9-28-19)24(25,26)27/h7,9,14,16,18H,6,8,10-13,15H2,1-5H3,(H,33,34)/t18-,23+/m1/s1. The highest BCUT2D eigenvalue weighted by atomic mass is 19.4. The van der Waals surface area contributed by atoms with Crippen LogP contribution in [-0.4, -0.2) is 69.7 Å². The van der Waals surface area contributed by atoms with Gasteiger partial charge in [-0.25, -0.2) is 9.78 Å². The van der Waals surface area contributed by atoms with Crippen LogP contribution in [0.2, 0.25) is 0 Å². The highest BCUT2D eigenvalue weighted by Gasteiger charge is 2.52. The van der Waals surface area contributed by atoms with E-state index in [4.69, 9.17) is 0 Å². The van der Waals surface area contributed by atoms with Crippen molar-refractivity contribution in [2.24, 2.45) is 11.3 Å². The molecule has 0 aromatic carbocycles. The van der Waals surface area contributed by atoms with E-state index in [0.717, 1.165) is 18.3 Å². The van der Waals surface area contributed by atoms with Crippen molar-refractivity contribution >= 4 is 17.8 Å². The number of hydrogen-bond donors (Lipinski definition) is 1. The molecule has 1 saturated heterocycles. The van der Waals surface area contributed by atoms with Gasteiger partial charge < -0.3 is 19.8 Å². The topological polar surface area (TPSA) is 77.0 Å². The molecule has 2 aliphatic rings. The van der Waals surface area contributed by atoms with E-state index >= 15 is 0 Å². The Morgan fingerprint density at radius 2 is 1.79 bits per heavy atom. The normalized spacial score (nSPS) is 24.0. The average Bonchev–Trinajstić information content (AvgIpc) is 3.17. The summed E-state index contributed by atoms with van der Waals surface area (Å²) in [6.45, 7) is 11.1. The Morgan fingerprint density at radius 3 is 2.29 bits per heavy atom. The van der Waals surface area contributed by atoms with Crippen molar-refractivity contribution in [1.82, 2.24) is 14.8 Å². The van der Waals surface area contributed by atoms with E-state index in [1.165, 1.54) is 4.90 Å². The second-order valence-corrected chi connectivity index (χ2v) is 10.7. The number of nitrogens with zero attached hydrogens (tertiary/aromatic N) is 4. The smallest absolute Gasteiger partial charge is 0.416 e. The first-order valence-electron chi connectivity index (χ1n) is 11.8. The van der Waals surface area contributed by atoms with Crippen LogP contribution < -0.4 is 4.90 Å². The zero-order valence-corrected chi connectivity index (χ0v) is 20.5. The second kappa shape index (κ2) is 9.26. The zero-order chi connectivity index (χ0) is 25.5. The summed E-state index contributed by atoms with van der Waals surface area (Å²) in [6.07, 6.45) is -2.54. The van der Waals surface area contributed by atoms with Crippen molar-refractivity contribution in [2.75, 3.05) is 31.1 Å². The van der Waals surface area contributed by atoms with Crippen molar-refractivity contribution in [3.63, 3.8) is 0 Å². The van der Waals surface area contributed by atoms with Crippen molar-refractivity contribution in [3.05, 3.63) is 23.9 Å². The number of rotatable bonds is 4. The second-order valence-electron chi connectivity index (χ2n) is 10.7. The Bertz CT molecular complexity index is 907. The number of carbonyl (C=O) groups is 2.